The Morgan fingerprint density at radius 3 is 2.61 bits per heavy atom. The normalized spacial score (nSPS) is 23.9. The van der Waals surface area contributed by atoms with Gasteiger partial charge in [-0.25, -0.2) is 0 Å². The summed E-state index contributed by atoms with van der Waals surface area (Å²) in [7, 11) is 0. The molecule has 0 aliphatic heterocycles. The molecule has 0 radical (unpaired) electrons. The molecule has 1 aliphatic carbocycles. The Hall–Kier alpha value is -1.02. The van der Waals surface area contributed by atoms with Gasteiger partial charge in [-0.15, -0.1) is 0 Å². The minimum absolute atomic E-state index is 0.643. The van der Waals surface area contributed by atoms with Crippen LogP contribution < -0.4 is 5.32 Å². The van der Waals surface area contributed by atoms with Crippen LogP contribution in [0, 0.1) is 5.92 Å². The fourth-order valence-electron chi connectivity index (χ4n) is 2.62. The van der Waals surface area contributed by atoms with Crippen molar-refractivity contribution in [1.29, 1.82) is 0 Å². The van der Waals surface area contributed by atoms with Crippen molar-refractivity contribution < 1.29 is 4.74 Å². The van der Waals surface area contributed by atoms with Crippen molar-refractivity contribution in [1.82, 2.24) is 0 Å². The van der Waals surface area contributed by atoms with E-state index in [4.69, 9.17) is 4.74 Å². The molecule has 2 rings (SSSR count). The average Bonchev–Trinajstić information content (AvgIpc) is 2.40. The first-order valence-corrected chi connectivity index (χ1v) is 7.21. The van der Waals surface area contributed by atoms with E-state index in [1.165, 1.54) is 36.9 Å². The largest absolute Gasteiger partial charge is 0.382 e. The second kappa shape index (κ2) is 6.79. The molecule has 0 aromatic heterocycles. The van der Waals surface area contributed by atoms with Gasteiger partial charge < -0.3 is 10.1 Å². The first kappa shape index (κ1) is 13.4. The van der Waals surface area contributed by atoms with E-state index in [2.05, 4.69) is 36.5 Å². The molecule has 1 aliphatic rings. The van der Waals surface area contributed by atoms with Gasteiger partial charge in [0.25, 0.3) is 0 Å². The minimum Gasteiger partial charge on any atom is -0.382 e. The molecular formula is C16H25NO. The second-order valence-electron chi connectivity index (χ2n) is 5.40. The molecule has 0 spiro atoms. The van der Waals surface area contributed by atoms with Crippen LogP contribution in [0.2, 0.25) is 0 Å². The van der Waals surface area contributed by atoms with E-state index >= 15 is 0 Å². The maximum atomic E-state index is 5.53. The van der Waals surface area contributed by atoms with Gasteiger partial charge in [0.2, 0.25) is 0 Å². The van der Waals surface area contributed by atoms with Gasteiger partial charge in [-0.3, -0.25) is 0 Å². The average molecular weight is 247 g/mol. The monoisotopic (exact) mass is 247 g/mol. The third kappa shape index (κ3) is 3.74. The Morgan fingerprint density at radius 1 is 1.17 bits per heavy atom. The van der Waals surface area contributed by atoms with Gasteiger partial charge in [-0.05, 0) is 44.6 Å². The number of anilines is 1. The second-order valence-corrected chi connectivity index (χ2v) is 5.40. The topological polar surface area (TPSA) is 21.3 Å². The summed E-state index contributed by atoms with van der Waals surface area (Å²) >= 11 is 0. The lowest BCUT2D eigenvalue weighted by molar-refractivity contribution is 0.134. The zero-order valence-electron chi connectivity index (χ0n) is 11.6. The zero-order chi connectivity index (χ0) is 12.8. The highest BCUT2D eigenvalue weighted by Crippen LogP contribution is 2.27. The van der Waals surface area contributed by atoms with E-state index in [0.29, 0.717) is 12.6 Å². The van der Waals surface area contributed by atoms with Crippen LogP contribution in [-0.4, -0.2) is 12.6 Å². The fraction of sp³-hybridized carbons (Fsp3) is 0.625. The summed E-state index contributed by atoms with van der Waals surface area (Å²) in [5.41, 5.74) is 2.53. The Labute approximate surface area is 111 Å². The van der Waals surface area contributed by atoms with E-state index in [-0.39, 0.29) is 0 Å². The summed E-state index contributed by atoms with van der Waals surface area (Å²) in [6.45, 7) is 5.88. The van der Waals surface area contributed by atoms with E-state index in [1.54, 1.807) is 0 Å². The summed E-state index contributed by atoms with van der Waals surface area (Å²) in [6, 6.07) is 9.16. The number of nitrogens with one attached hydrogen (secondary N) is 1. The van der Waals surface area contributed by atoms with Crippen molar-refractivity contribution in [3.63, 3.8) is 0 Å². The molecule has 2 nitrogen and oxygen atoms in total. The lowest BCUT2D eigenvalue weighted by Crippen LogP contribution is -2.25. The van der Waals surface area contributed by atoms with Crippen LogP contribution in [0.5, 0.6) is 0 Å². The smallest absolute Gasteiger partial charge is 0.0736 e. The predicted octanol–water partition coefficient (Wildman–Crippen LogP) is 4.21. The highest BCUT2D eigenvalue weighted by atomic mass is 16.5. The van der Waals surface area contributed by atoms with Crippen molar-refractivity contribution in [3.8, 4) is 0 Å². The zero-order valence-corrected chi connectivity index (χ0v) is 11.6. The van der Waals surface area contributed by atoms with Crippen LogP contribution in [0.25, 0.3) is 0 Å². The first-order valence-electron chi connectivity index (χ1n) is 7.21. The molecule has 2 heteroatoms. The SMILES string of the molecule is CCOCc1ccccc1NC1CCC(C)CC1. The molecular weight excluding hydrogens is 222 g/mol. The van der Waals surface area contributed by atoms with Crippen molar-refractivity contribution in [3.05, 3.63) is 29.8 Å². The van der Waals surface area contributed by atoms with Crippen LogP contribution in [0.15, 0.2) is 24.3 Å². The van der Waals surface area contributed by atoms with Gasteiger partial charge in [0.15, 0.2) is 0 Å². The molecule has 0 bridgehead atoms. The summed E-state index contributed by atoms with van der Waals surface area (Å²) in [5, 5.41) is 3.70. The minimum atomic E-state index is 0.643. The maximum Gasteiger partial charge on any atom is 0.0736 e. The van der Waals surface area contributed by atoms with Gasteiger partial charge in [0, 0.05) is 23.9 Å². The van der Waals surface area contributed by atoms with E-state index < -0.39 is 0 Å². The van der Waals surface area contributed by atoms with Crippen LogP contribution in [0.1, 0.15) is 45.1 Å². The van der Waals surface area contributed by atoms with Crippen LogP contribution in [-0.2, 0) is 11.3 Å². The molecule has 0 atom stereocenters. The third-order valence-corrected chi connectivity index (χ3v) is 3.85. The Balaban J connectivity index is 1.95. The van der Waals surface area contributed by atoms with Crippen LogP contribution >= 0.6 is 0 Å². The third-order valence-electron chi connectivity index (χ3n) is 3.85. The van der Waals surface area contributed by atoms with Gasteiger partial charge in [0.05, 0.1) is 6.61 Å². The highest BCUT2D eigenvalue weighted by molar-refractivity contribution is 5.51. The number of para-hydroxylation sites is 1. The van der Waals surface area contributed by atoms with Crippen LogP contribution in [0.4, 0.5) is 5.69 Å². The highest BCUT2D eigenvalue weighted by Gasteiger charge is 2.18. The lowest BCUT2D eigenvalue weighted by atomic mass is 9.87. The molecule has 0 heterocycles. The molecule has 100 valence electrons. The van der Waals surface area contributed by atoms with Gasteiger partial charge >= 0.3 is 0 Å². The summed E-state index contributed by atoms with van der Waals surface area (Å²) in [6.07, 6.45) is 5.30. The summed E-state index contributed by atoms with van der Waals surface area (Å²) in [5.74, 6) is 0.904. The predicted molar refractivity (Wildman–Crippen MR) is 76.8 cm³/mol. The number of hydrogen-bond acceptors (Lipinski definition) is 2. The molecule has 18 heavy (non-hydrogen) atoms. The fourth-order valence-corrected chi connectivity index (χ4v) is 2.62. The Morgan fingerprint density at radius 2 is 1.89 bits per heavy atom. The lowest BCUT2D eigenvalue weighted by Gasteiger charge is -2.28. The number of hydrogen-bond donors (Lipinski definition) is 1. The first-order chi connectivity index (χ1) is 8.79. The standard InChI is InChI=1S/C16H25NO/c1-3-18-12-14-6-4-5-7-16(14)17-15-10-8-13(2)9-11-15/h4-7,13,15,17H,3,8-12H2,1-2H3. The molecule has 1 saturated carbocycles. The van der Waals surface area contributed by atoms with Crippen LogP contribution in [0.3, 0.4) is 0 Å². The summed E-state index contributed by atoms with van der Waals surface area (Å²) < 4.78 is 5.53. The molecule has 0 amide bonds. The van der Waals surface area contributed by atoms with E-state index in [1.807, 2.05) is 6.92 Å². The molecule has 1 N–H and O–H groups in total. The Kier molecular flexibility index (Phi) is 5.06. The molecule has 0 unspecified atom stereocenters. The molecule has 1 fully saturated rings. The van der Waals surface area contributed by atoms with Gasteiger partial charge in [-0.2, -0.15) is 0 Å². The van der Waals surface area contributed by atoms with E-state index in [0.717, 1.165) is 12.5 Å². The van der Waals surface area contributed by atoms with Gasteiger partial charge in [-0.1, -0.05) is 25.1 Å². The molecule has 1 aromatic carbocycles. The number of ether oxygens (including phenoxy) is 1. The van der Waals surface area contributed by atoms with Crippen molar-refractivity contribution in [2.24, 2.45) is 5.92 Å². The summed E-state index contributed by atoms with van der Waals surface area (Å²) in [4.78, 5) is 0. The quantitative estimate of drug-likeness (QED) is 0.841. The molecule has 1 aromatic rings. The van der Waals surface area contributed by atoms with Crippen molar-refractivity contribution in [2.75, 3.05) is 11.9 Å². The Bertz CT molecular complexity index is 356. The van der Waals surface area contributed by atoms with E-state index in [9.17, 15) is 0 Å². The maximum absolute atomic E-state index is 5.53. The molecule has 0 saturated heterocycles. The van der Waals surface area contributed by atoms with Gasteiger partial charge in [0.1, 0.15) is 0 Å². The number of benzene rings is 1. The van der Waals surface area contributed by atoms with Crippen molar-refractivity contribution >= 4 is 5.69 Å². The number of rotatable bonds is 5. The van der Waals surface area contributed by atoms with Crippen molar-refractivity contribution in [2.45, 2.75) is 52.2 Å².